The van der Waals surface area contributed by atoms with Crippen molar-refractivity contribution in [3.8, 4) is 0 Å². The third-order valence-corrected chi connectivity index (χ3v) is 5.47. The number of nitrogens with one attached hydrogen (secondary N) is 1. The summed E-state index contributed by atoms with van der Waals surface area (Å²) in [4.78, 5) is 19.3. The van der Waals surface area contributed by atoms with Gasteiger partial charge in [-0.25, -0.2) is 9.78 Å². The second kappa shape index (κ2) is 6.93. The average Bonchev–Trinajstić information content (AvgIpc) is 3.15. The topological polar surface area (TPSA) is 63.1 Å². The van der Waals surface area contributed by atoms with Gasteiger partial charge >= 0.3 is 6.03 Å². The lowest BCUT2D eigenvalue weighted by atomic mass is 9.99. The molecule has 0 aromatic carbocycles. The van der Waals surface area contributed by atoms with Gasteiger partial charge in [0, 0.05) is 37.6 Å². The first kappa shape index (κ1) is 17.0. The van der Waals surface area contributed by atoms with Crippen LogP contribution in [0.2, 0.25) is 0 Å². The van der Waals surface area contributed by atoms with E-state index in [-0.39, 0.29) is 6.03 Å². The highest BCUT2D eigenvalue weighted by Crippen LogP contribution is 2.31. The van der Waals surface area contributed by atoms with Crippen molar-refractivity contribution in [2.24, 2.45) is 7.05 Å². The molecule has 0 spiro atoms. The Morgan fingerprint density at radius 2 is 2.25 bits per heavy atom. The second-order valence-electron chi connectivity index (χ2n) is 6.78. The van der Waals surface area contributed by atoms with E-state index in [2.05, 4.69) is 29.6 Å². The molecule has 24 heavy (non-hydrogen) atoms. The lowest BCUT2D eigenvalue weighted by Crippen LogP contribution is -2.41. The molecule has 1 aliphatic rings. The van der Waals surface area contributed by atoms with Gasteiger partial charge in [0.05, 0.1) is 22.1 Å². The van der Waals surface area contributed by atoms with Crippen LogP contribution in [0.15, 0.2) is 11.6 Å². The van der Waals surface area contributed by atoms with Gasteiger partial charge in [0.2, 0.25) is 0 Å². The van der Waals surface area contributed by atoms with E-state index in [4.69, 9.17) is 4.98 Å². The van der Waals surface area contributed by atoms with Crippen LogP contribution < -0.4 is 5.32 Å². The van der Waals surface area contributed by atoms with E-state index < -0.39 is 0 Å². The maximum atomic E-state index is 12.6. The third-order valence-electron chi connectivity index (χ3n) is 4.44. The zero-order chi connectivity index (χ0) is 17.3. The minimum absolute atomic E-state index is 0.0450. The van der Waals surface area contributed by atoms with Crippen molar-refractivity contribution < 1.29 is 4.79 Å². The van der Waals surface area contributed by atoms with E-state index in [1.807, 2.05) is 25.1 Å². The summed E-state index contributed by atoms with van der Waals surface area (Å²) in [7, 11) is 1.86. The molecule has 6 nitrogen and oxygen atoms in total. The molecule has 1 fully saturated rings. The number of amides is 2. The summed E-state index contributed by atoms with van der Waals surface area (Å²) in [6, 6.07) is -0.0450. The first-order chi connectivity index (χ1) is 11.4. The number of carbonyl (C=O) groups excluding carboxylic acids is 1. The van der Waals surface area contributed by atoms with Gasteiger partial charge in [-0.3, -0.25) is 4.68 Å². The zero-order valence-electron chi connectivity index (χ0n) is 14.7. The van der Waals surface area contributed by atoms with Gasteiger partial charge in [-0.05, 0) is 25.7 Å². The first-order valence-electron chi connectivity index (χ1n) is 8.45. The molecule has 1 atom stereocenters. The predicted octanol–water partition coefficient (Wildman–Crippen LogP) is 3.72. The molecule has 1 unspecified atom stereocenters. The van der Waals surface area contributed by atoms with Gasteiger partial charge in [-0.15, -0.1) is 11.3 Å². The molecular weight excluding hydrogens is 322 g/mol. The van der Waals surface area contributed by atoms with E-state index in [9.17, 15) is 4.79 Å². The standard InChI is InChI=1S/C17H25N5OS/c1-11(2)15-10-24-16(18-15)13-6-5-7-22(8-13)17(23)19-14-9-21(4)20-12(14)3/h9-11,13H,5-8H2,1-4H3,(H,19,23). The van der Waals surface area contributed by atoms with E-state index >= 15 is 0 Å². The fraction of sp³-hybridized carbons (Fsp3) is 0.588. The van der Waals surface area contributed by atoms with E-state index in [1.165, 1.54) is 0 Å². The van der Waals surface area contributed by atoms with Gasteiger partial charge in [-0.2, -0.15) is 5.10 Å². The van der Waals surface area contributed by atoms with E-state index in [0.717, 1.165) is 48.0 Å². The van der Waals surface area contributed by atoms with Crippen LogP contribution in [0, 0.1) is 6.92 Å². The van der Waals surface area contributed by atoms with Crippen LogP contribution in [0.25, 0.3) is 0 Å². The molecule has 2 aromatic heterocycles. The predicted molar refractivity (Wildman–Crippen MR) is 96.7 cm³/mol. The summed E-state index contributed by atoms with van der Waals surface area (Å²) in [5, 5.41) is 10.6. The lowest BCUT2D eigenvalue weighted by Gasteiger charge is -2.31. The monoisotopic (exact) mass is 347 g/mol. The molecule has 2 aromatic rings. The molecule has 2 amide bonds. The van der Waals surface area contributed by atoms with E-state index in [1.54, 1.807) is 16.0 Å². The minimum atomic E-state index is -0.0450. The summed E-state index contributed by atoms with van der Waals surface area (Å²) in [6.45, 7) is 7.75. The van der Waals surface area contributed by atoms with Crippen molar-refractivity contribution in [2.45, 2.75) is 45.4 Å². The van der Waals surface area contributed by atoms with E-state index in [0.29, 0.717) is 11.8 Å². The minimum Gasteiger partial charge on any atom is -0.324 e. The summed E-state index contributed by atoms with van der Waals surface area (Å²) >= 11 is 1.73. The lowest BCUT2D eigenvalue weighted by molar-refractivity contribution is 0.192. The van der Waals surface area contributed by atoms with Crippen LogP contribution in [-0.4, -0.2) is 38.8 Å². The number of hydrogen-bond acceptors (Lipinski definition) is 4. The third kappa shape index (κ3) is 3.61. The smallest absolute Gasteiger partial charge is 0.321 e. The molecule has 1 saturated heterocycles. The molecule has 1 N–H and O–H groups in total. The van der Waals surface area contributed by atoms with Crippen molar-refractivity contribution in [3.63, 3.8) is 0 Å². The summed E-state index contributed by atoms with van der Waals surface area (Å²) < 4.78 is 1.72. The van der Waals surface area contributed by atoms with Gasteiger partial charge in [0.1, 0.15) is 0 Å². The Kier molecular flexibility index (Phi) is 4.89. The number of nitrogens with zero attached hydrogens (tertiary/aromatic N) is 4. The zero-order valence-corrected chi connectivity index (χ0v) is 15.6. The molecule has 0 bridgehead atoms. The molecule has 3 heterocycles. The van der Waals surface area contributed by atoms with Gasteiger partial charge < -0.3 is 10.2 Å². The second-order valence-corrected chi connectivity index (χ2v) is 7.67. The van der Waals surface area contributed by atoms with Crippen LogP contribution in [0.5, 0.6) is 0 Å². The van der Waals surface area contributed by atoms with Gasteiger partial charge in [0.25, 0.3) is 0 Å². The number of thiazole rings is 1. The van der Waals surface area contributed by atoms with Crippen molar-refractivity contribution in [2.75, 3.05) is 18.4 Å². The number of hydrogen-bond donors (Lipinski definition) is 1. The van der Waals surface area contributed by atoms with Crippen molar-refractivity contribution in [1.82, 2.24) is 19.7 Å². The van der Waals surface area contributed by atoms with Crippen LogP contribution in [-0.2, 0) is 7.05 Å². The fourth-order valence-corrected chi connectivity index (χ4v) is 4.14. The highest BCUT2D eigenvalue weighted by atomic mass is 32.1. The fourth-order valence-electron chi connectivity index (χ4n) is 3.03. The summed E-state index contributed by atoms with van der Waals surface area (Å²) in [5.41, 5.74) is 2.77. The van der Waals surface area contributed by atoms with Gasteiger partial charge in [0.15, 0.2) is 0 Å². The number of piperidine rings is 1. The first-order valence-corrected chi connectivity index (χ1v) is 9.33. The van der Waals surface area contributed by atoms with Crippen LogP contribution >= 0.6 is 11.3 Å². The Balaban J connectivity index is 1.66. The number of carbonyl (C=O) groups is 1. The maximum absolute atomic E-state index is 12.6. The number of rotatable bonds is 3. The highest BCUT2D eigenvalue weighted by molar-refractivity contribution is 7.09. The summed E-state index contributed by atoms with van der Waals surface area (Å²) in [5.74, 6) is 0.795. The maximum Gasteiger partial charge on any atom is 0.321 e. The molecule has 1 aliphatic heterocycles. The Labute approximate surface area is 146 Å². The SMILES string of the molecule is Cc1nn(C)cc1NC(=O)N1CCCC(c2nc(C(C)C)cs2)C1. The quantitative estimate of drug-likeness (QED) is 0.920. The Morgan fingerprint density at radius 3 is 2.88 bits per heavy atom. The largest absolute Gasteiger partial charge is 0.324 e. The van der Waals surface area contributed by atoms with Crippen molar-refractivity contribution in [3.05, 3.63) is 28.0 Å². The van der Waals surface area contributed by atoms with Gasteiger partial charge in [-0.1, -0.05) is 13.8 Å². The molecule has 130 valence electrons. The molecule has 0 saturated carbocycles. The van der Waals surface area contributed by atoms with Crippen LogP contribution in [0.4, 0.5) is 10.5 Å². The normalized spacial score (nSPS) is 18.2. The van der Waals surface area contributed by atoms with Crippen molar-refractivity contribution in [1.29, 1.82) is 0 Å². The molecule has 3 rings (SSSR count). The number of urea groups is 1. The molecule has 7 heteroatoms. The summed E-state index contributed by atoms with van der Waals surface area (Å²) in [6.07, 6.45) is 3.95. The van der Waals surface area contributed by atoms with Crippen LogP contribution in [0.1, 0.15) is 54.9 Å². The highest BCUT2D eigenvalue weighted by Gasteiger charge is 2.27. The molecular formula is C17H25N5OS. The Hall–Kier alpha value is -1.89. The average molecular weight is 347 g/mol. The number of anilines is 1. The van der Waals surface area contributed by atoms with Crippen molar-refractivity contribution >= 4 is 23.1 Å². The number of likely N-dealkylation sites (tertiary alicyclic amines) is 1. The Bertz CT molecular complexity index is 720. The number of aryl methyl sites for hydroxylation is 2. The Morgan fingerprint density at radius 1 is 1.46 bits per heavy atom. The molecule has 0 radical (unpaired) electrons. The van der Waals surface area contributed by atoms with Crippen LogP contribution in [0.3, 0.4) is 0 Å². The molecule has 0 aliphatic carbocycles. The number of aromatic nitrogens is 3.